The van der Waals surface area contributed by atoms with E-state index in [2.05, 4.69) is 4.90 Å². The van der Waals surface area contributed by atoms with Crippen molar-refractivity contribution in [3.8, 4) is 0 Å². The van der Waals surface area contributed by atoms with E-state index >= 15 is 0 Å². The number of nitro groups is 1. The Kier molecular flexibility index (Phi) is 5.90. The van der Waals surface area contributed by atoms with Crippen LogP contribution in [0.4, 0.5) is 10.5 Å². The zero-order chi connectivity index (χ0) is 18.8. The number of rotatable bonds is 3. The largest absolute Gasteiger partial charge is 0.444 e. The molecule has 1 aromatic rings. The summed E-state index contributed by atoms with van der Waals surface area (Å²) in [6.45, 7) is 9.79. The molecule has 1 unspecified atom stereocenters. The first kappa shape index (κ1) is 19.5. The molecule has 1 saturated heterocycles. The molecular formula is C17H24ClN3O4. The average molecular weight is 370 g/mol. The van der Waals surface area contributed by atoms with Gasteiger partial charge in [0.15, 0.2) is 0 Å². The highest BCUT2D eigenvalue weighted by Crippen LogP contribution is 2.25. The number of nitrogens with zero attached hydrogens (tertiary/aromatic N) is 3. The Hall–Kier alpha value is -1.86. The molecule has 7 nitrogen and oxygen atoms in total. The molecule has 0 radical (unpaired) electrons. The second-order valence-electron chi connectivity index (χ2n) is 7.28. The third kappa shape index (κ3) is 5.31. The summed E-state index contributed by atoms with van der Waals surface area (Å²) in [4.78, 5) is 26.6. The Morgan fingerprint density at radius 3 is 2.64 bits per heavy atom. The van der Waals surface area contributed by atoms with Gasteiger partial charge in [0.25, 0.3) is 5.69 Å². The van der Waals surface area contributed by atoms with E-state index in [0.717, 1.165) is 0 Å². The van der Waals surface area contributed by atoms with Crippen molar-refractivity contribution in [1.29, 1.82) is 0 Å². The number of benzene rings is 1. The lowest BCUT2D eigenvalue weighted by atomic mass is 10.1. The maximum Gasteiger partial charge on any atom is 0.410 e. The number of hydrogen-bond acceptors (Lipinski definition) is 5. The molecule has 138 valence electrons. The van der Waals surface area contributed by atoms with Crippen LogP contribution in [0.1, 0.15) is 33.3 Å². The minimum atomic E-state index is -0.520. The number of carbonyl (C=O) groups excluding carboxylic acids is 1. The van der Waals surface area contributed by atoms with Gasteiger partial charge in [-0.3, -0.25) is 15.0 Å². The fraction of sp³-hybridized carbons (Fsp3) is 0.588. The van der Waals surface area contributed by atoms with Crippen molar-refractivity contribution in [1.82, 2.24) is 9.80 Å². The molecule has 0 saturated carbocycles. The Morgan fingerprint density at radius 1 is 1.40 bits per heavy atom. The second kappa shape index (κ2) is 7.58. The number of non-ortho nitro benzene ring substituents is 1. The van der Waals surface area contributed by atoms with Crippen molar-refractivity contribution in [2.24, 2.45) is 0 Å². The standard InChI is InChI=1S/C17H24ClN3O4/c1-12-10-20(16(22)25-17(2,3)4)8-7-19(12)11-13-9-14(21(23)24)5-6-15(13)18/h5-6,9,12H,7-8,10-11H2,1-4H3. The number of nitro benzene ring substituents is 1. The van der Waals surface area contributed by atoms with Crippen LogP contribution in [0.3, 0.4) is 0 Å². The van der Waals surface area contributed by atoms with Crippen LogP contribution in [-0.2, 0) is 11.3 Å². The van der Waals surface area contributed by atoms with Crippen molar-refractivity contribution in [3.63, 3.8) is 0 Å². The molecule has 1 aliphatic rings. The molecule has 1 amide bonds. The summed E-state index contributed by atoms with van der Waals surface area (Å²) >= 11 is 6.19. The van der Waals surface area contributed by atoms with E-state index in [4.69, 9.17) is 16.3 Å². The lowest BCUT2D eigenvalue weighted by Crippen LogP contribution is -2.54. The van der Waals surface area contributed by atoms with Gasteiger partial charge in [-0.05, 0) is 39.3 Å². The summed E-state index contributed by atoms with van der Waals surface area (Å²) in [7, 11) is 0. The topological polar surface area (TPSA) is 75.9 Å². The van der Waals surface area contributed by atoms with Crippen LogP contribution >= 0.6 is 11.6 Å². The lowest BCUT2D eigenvalue weighted by molar-refractivity contribution is -0.384. The van der Waals surface area contributed by atoms with Crippen molar-refractivity contribution >= 4 is 23.4 Å². The summed E-state index contributed by atoms with van der Waals surface area (Å²) < 4.78 is 5.41. The van der Waals surface area contributed by atoms with Crippen molar-refractivity contribution in [2.45, 2.75) is 45.9 Å². The van der Waals surface area contributed by atoms with Gasteiger partial charge in [0.05, 0.1) is 4.92 Å². The summed E-state index contributed by atoms with van der Waals surface area (Å²) in [6, 6.07) is 4.55. The minimum absolute atomic E-state index is 0.0273. The quantitative estimate of drug-likeness (QED) is 0.600. The molecule has 0 spiro atoms. The van der Waals surface area contributed by atoms with Gasteiger partial charge in [0.2, 0.25) is 0 Å². The lowest BCUT2D eigenvalue weighted by Gasteiger charge is -2.40. The van der Waals surface area contributed by atoms with E-state index in [0.29, 0.717) is 36.8 Å². The minimum Gasteiger partial charge on any atom is -0.444 e. The highest BCUT2D eigenvalue weighted by Gasteiger charge is 2.30. The SMILES string of the molecule is CC1CN(C(=O)OC(C)(C)C)CCN1Cc1cc([N+](=O)[O-])ccc1Cl. The number of ether oxygens (including phenoxy) is 1. The van der Waals surface area contributed by atoms with Crippen LogP contribution in [0.5, 0.6) is 0 Å². The molecule has 0 bridgehead atoms. The molecule has 8 heteroatoms. The monoisotopic (exact) mass is 369 g/mol. The highest BCUT2D eigenvalue weighted by molar-refractivity contribution is 6.31. The molecular weight excluding hydrogens is 346 g/mol. The predicted octanol–water partition coefficient (Wildman–Crippen LogP) is 3.69. The van der Waals surface area contributed by atoms with Gasteiger partial charge in [-0.1, -0.05) is 11.6 Å². The zero-order valence-corrected chi connectivity index (χ0v) is 15.7. The summed E-state index contributed by atoms with van der Waals surface area (Å²) in [5.74, 6) is 0. The number of carbonyl (C=O) groups is 1. The zero-order valence-electron chi connectivity index (χ0n) is 15.0. The molecule has 0 N–H and O–H groups in total. The Bertz CT molecular complexity index is 660. The van der Waals surface area contributed by atoms with Crippen LogP contribution in [-0.4, -0.2) is 52.1 Å². The van der Waals surface area contributed by atoms with E-state index in [-0.39, 0.29) is 17.8 Å². The smallest absolute Gasteiger partial charge is 0.410 e. The molecule has 1 heterocycles. The fourth-order valence-corrected chi connectivity index (χ4v) is 2.91. The van der Waals surface area contributed by atoms with Gasteiger partial charge in [-0.25, -0.2) is 4.79 Å². The van der Waals surface area contributed by atoms with E-state index in [9.17, 15) is 14.9 Å². The van der Waals surface area contributed by atoms with E-state index in [1.807, 2.05) is 27.7 Å². The fourth-order valence-electron chi connectivity index (χ4n) is 2.74. The first-order chi connectivity index (χ1) is 11.6. The maximum absolute atomic E-state index is 12.2. The Balaban J connectivity index is 2.01. The molecule has 1 atom stereocenters. The number of piperazine rings is 1. The van der Waals surface area contributed by atoms with Gasteiger partial charge >= 0.3 is 6.09 Å². The number of halogens is 1. The van der Waals surface area contributed by atoms with E-state index in [1.165, 1.54) is 12.1 Å². The summed E-state index contributed by atoms with van der Waals surface area (Å²) in [6.07, 6.45) is -0.313. The number of hydrogen-bond donors (Lipinski definition) is 0. The third-order valence-corrected chi connectivity index (χ3v) is 4.40. The van der Waals surface area contributed by atoms with Crippen LogP contribution < -0.4 is 0 Å². The van der Waals surface area contributed by atoms with Crippen molar-refractivity contribution in [3.05, 3.63) is 38.9 Å². The molecule has 25 heavy (non-hydrogen) atoms. The third-order valence-electron chi connectivity index (χ3n) is 4.03. The van der Waals surface area contributed by atoms with Gasteiger partial charge in [0, 0.05) is 49.4 Å². The predicted molar refractivity (Wildman–Crippen MR) is 95.8 cm³/mol. The second-order valence-corrected chi connectivity index (χ2v) is 7.69. The molecule has 1 aliphatic heterocycles. The van der Waals surface area contributed by atoms with Crippen molar-refractivity contribution < 1.29 is 14.5 Å². The van der Waals surface area contributed by atoms with E-state index < -0.39 is 10.5 Å². The first-order valence-electron chi connectivity index (χ1n) is 8.21. The van der Waals surface area contributed by atoms with Crippen LogP contribution in [0, 0.1) is 10.1 Å². The molecule has 0 aromatic heterocycles. The Morgan fingerprint density at radius 2 is 2.08 bits per heavy atom. The summed E-state index contributed by atoms with van der Waals surface area (Å²) in [5.41, 5.74) is 0.224. The normalized spacial score (nSPS) is 18.9. The van der Waals surface area contributed by atoms with Crippen LogP contribution in [0.15, 0.2) is 18.2 Å². The average Bonchev–Trinajstić information content (AvgIpc) is 2.49. The Labute approximate surface area is 152 Å². The van der Waals surface area contributed by atoms with Gasteiger partial charge in [-0.2, -0.15) is 0 Å². The molecule has 2 rings (SSSR count). The first-order valence-corrected chi connectivity index (χ1v) is 8.59. The van der Waals surface area contributed by atoms with Gasteiger partial charge in [-0.15, -0.1) is 0 Å². The number of amides is 1. The van der Waals surface area contributed by atoms with Gasteiger partial charge < -0.3 is 9.64 Å². The maximum atomic E-state index is 12.2. The molecule has 1 fully saturated rings. The molecule has 1 aromatic carbocycles. The molecule has 0 aliphatic carbocycles. The summed E-state index contributed by atoms with van der Waals surface area (Å²) in [5, 5.41) is 11.5. The van der Waals surface area contributed by atoms with Crippen LogP contribution in [0.2, 0.25) is 5.02 Å². The van der Waals surface area contributed by atoms with E-state index in [1.54, 1.807) is 11.0 Å². The van der Waals surface area contributed by atoms with Crippen molar-refractivity contribution in [2.75, 3.05) is 19.6 Å². The van der Waals surface area contributed by atoms with Crippen LogP contribution in [0.25, 0.3) is 0 Å². The van der Waals surface area contributed by atoms with Gasteiger partial charge in [0.1, 0.15) is 5.60 Å². The highest BCUT2D eigenvalue weighted by atomic mass is 35.5.